The number of nitrogens with two attached hydrogens (primary N) is 1. The number of phosphoric acid groups is 1. The molecule has 3 aliphatic heterocycles. The maximum Gasteiger partial charge on any atom is 0.472 e. The van der Waals surface area contributed by atoms with Gasteiger partial charge in [-0.3, -0.25) is 17.8 Å². The number of benzene rings is 1. The highest BCUT2D eigenvalue weighted by molar-refractivity contribution is 7.84. The number of rotatable bonds is 2. The first-order chi connectivity index (χ1) is 20.9. The standard InChI is InChI=1S/C22H22Cl2FN8O9PS/c23-9-1-11-12(2-10(9)24)32(7-29-11)16-3-13-15(39-16)5-38-43(34,35)41-19-14(4-31-44(36,37)42-13)40-22(17(19)25)33-8-30-18-20(26)27-6-28-21(18)33/h1-2,6-8,13-17,19,22,31H,3-5H2,(H,34,35)(H2,26,27,28)/t13-,14+,15+,16+,17+,19+,22+/m0/s1. The molecule has 0 spiro atoms. The van der Waals surface area contributed by atoms with Gasteiger partial charge in [-0.05, 0) is 12.1 Å². The lowest BCUT2D eigenvalue weighted by Crippen LogP contribution is -2.43. The van der Waals surface area contributed by atoms with Crippen LogP contribution in [-0.4, -0.2) is 86.1 Å². The van der Waals surface area contributed by atoms with E-state index in [1.165, 1.54) is 17.2 Å². The van der Waals surface area contributed by atoms with Crippen LogP contribution in [0, 0.1) is 0 Å². The molecule has 4 aromatic rings. The fourth-order valence-electron chi connectivity index (χ4n) is 5.37. The van der Waals surface area contributed by atoms with Crippen LogP contribution in [0.3, 0.4) is 0 Å². The van der Waals surface area contributed by atoms with Gasteiger partial charge >= 0.3 is 18.1 Å². The van der Waals surface area contributed by atoms with Gasteiger partial charge in [0.25, 0.3) is 0 Å². The minimum atomic E-state index is -4.97. The third-order valence-corrected chi connectivity index (χ3v) is 10.1. The lowest BCUT2D eigenvalue weighted by atomic mass is 10.1. The van der Waals surface area contributed by atoms with Gasteiger partial charge in [-0.2, -0.15) is 13.1 Å². The maximum absolute atomic E-state index is 15.9. The van der Waals surface area contributed by atoms with E-state index < -0.39 is 74.3 Å². The highest BCUT2D eigenvalue weighted by Crippen LogP contribution is 2.50. The Labute approximate surface area is 257 Å². The number of halogens is 3. The molecular formula is C22H22Cl2FN8O9PS. The van der Waals surface area contributed by atoms with Gasteiger partial charge in [0.05, 0.1) is 40.3 Å². The molecule has 0 amide bonds. The first-order valence-electron chi connectivity index (χ1n) is 12.9. The molecule has 0 radical (unpaired) electrons. The zero-order valence-electron chi connectivity index (χ0n) is 22.0. The molecule has 3 fully saturated rings. The molecule has 0 bridgehead atoms. The monoisotopic (exact) mass is 694 g/mol. The van der Waals surface area contributed by atoms with Crippen LogP contribution in [0.15, 0.2) is 31.1 Å². The molecule has 0 saturated carbocycles. The van der Waals surface area contributed by atoms with Gasteiger partial charge in [0.1, 0.15) is 42.5 Å². The van der Waals surface area contributed by atoms with Crippen molar-refractivity contribution in [3.8, 4) is 0 Å². The molecule has 3 saturated heterocycles. The summed E-state index contributed by atoms with van der Waals surface area (Å²) in [5, 5.41) is 0.549. The number of nitrogens with one attached hydrogen (secondary N) is 1. The van der Waals surface area contributed by atoms with Crippen LogP contribution < -0.4 is 10.5 Å². The van der Waals surface area contributed by atoms with E-state index >= 15 is 4.39 Å². The number of phosphoric ester groups is 1. The molecule has 17 nitrogen and oxygen atoms in total. The summed E-state index contributed by atoms with van der Waals surface area (Å²) in [6, 6.07) is 3.13. The summed E-state index contributed by atoms with van der Waals surface area (Å²) < 4.78 is 87.5. The second-order valence-corrected chi connectivity index (χ2v) is 13.7. The minimum absolute atomic E-state index is 0.0346. The first kappa shape index (κ1) is 30.1. The molecule has 4 N–H and O–H groups in total. The number of nitrogen functional groups attached to an aromatic ring is 1. The van der Waals surface area contributed by atoms with Gasteiger partial charge in [0, 0.05) is 13.0 Å². The average molecular weight is 695 g/mol. The highest BCUT2D eigenvalue weighted by Gasteiger charge is 2.52. The van der Waals surface area contributed by atoms with Crippen molar-refractivity contribution >= 4 is 69.3 Å². The Hall–Kier alpha value is -2.55. The van der Waals surface area contributed by atoms with Crippen molar-refractivity contribution in [1.82, 2.24) is 33.8 Å². The van der Waals surface area contributed by atoms with E-state index in [4.69, 9.17) is 51.6 Å². The molecular weight excluding hydrogens is 673 g/mol. The van der Waals surface area contributed by atoms with Crippen molar-refractivity contribution < 1.29 is 45.0 Å². The predicted molar refractivity (Wildman–Crippen MR) is 149 cm³/mol. The topological polar surface area (TPSA) is 217 Å². The molecule has 0 aliphatic carbocycles. The summed E-state index contributed by atoms with van der Waals surface area (Å²) in [5.74, 6) is 0.0347. The summed E-state index contributed by atoms with van der Waals surface area (Å²) >= 11 is 12.3. The predicted octanol–water partition coefficient (Wildman–Crippen LogP) is 2.02. The Balaban J connectivity index is 1.15. The molecule has 7 rings (SSSR count). The highest BCUT2D eigenvalue weighted by atomic mass is 35.5. The van der Waals surface area contributed by atoms with Crippen LogP contribution in [-0.2, 0) is 37.6 Å². The Morgan fingerprint density at radius 3 is 2.66 bits per heavy atom. The summed E-state index contributed by atoms with van der Waals surface area (Å²) in [6.07, 6.45) is -6.21. The summed E-state index contributed by atoms with van der Waals surface area (Å²) in [5.41, 5.74) is 7.13. The SMILES string of the molecule is Nc1ncnc2c1ncn2[C@@H]1O[C@@H]2CNS(=O)(=O)O[C@H]3C[C@H](n4cnc5cc(Cl)c(Cl)cc54)O[C@@H]3COP(=O)(O)O[C@H]2[C@H]1F. The fourth-order valence-corrected chi connectivity index (χ4v) is 7.61. The first-order valence-corrected chi connectivity index (χ1v) is 16.6. The number of anilines is 1. The molecule has 22 heteroatoms. The quantitative estimate of drug-likeness (QED) is 0.256. The third kappa shape index (κ3) is 5.45. The zero-order valence-corrected chi connectivity index (χ0v) is 25.2. The van der Waals surface area contributed by atoms with Crippen molar-refractivity contribution in [2.24, 2.45) is 0 Å². The Morgan fingerprint density at radius 1 is 1.07 bits per heavy atom. The third-order valence-electron chi connectivity index (χ3n) is 7.40. The molecule has 1 aromatic carbocycles. The second kappa shape index (κ2) is 11.1. The van der Waals surface area contributed by atoms with Crippen LogP contribution in [0.2, 0.25) is 10.0 Å². The maximum atomic E-state index is 15.9. The molecule has 8 atom stereocenters. The number of hydrogen-bond acceptors (Lipinski definition) is 13. The fraction of sp³-hybridized carbons (Fsp3) is 0.455. The van der Waals surface area contributed by atoms with E-state index in [-0.39, 0.29) is 28.4 Å². The molecule has 236 valence electrons. The number of ether oxygens (including phenoxy) is 2. The number of alkyl halides is 1. The van der Waals surface area contributed by atoms with Crippen LogP contribution >= 0.6 is 31.0 Å². The van der Waals surface area contributed by atoms with Crippen LogP contribution in [0.4, 0.5) is 10.2 Å². The van der Waals surface area contributed by atoms with E-state index in [0.29, 0.717) is 16.1 Å². The number of fused-ring (bicyclic) bond motifs is 4. The van der Waals surface area contributed by atoms with Gasteiger partial charge in [0.2, 0.25) is 0 Å². The smallest absolute Gasteiger partial charge is 0.382 e. The van der Waals surface area contributed by atoms with Crippen molar-refractivity contribution in [3.05, 3.63) is 41.2 Å². The number of hydrogen-bond donors (Lipinski definition) is 3. The van der Waals surface area contributed by atoms with Gasteiger partial charge in [0.15, 0.2) is 23.9 Å². The van der Waals surface area contributed by atoms with Crippen LogP contribution in [0.5, 0.6) is 0 Å². The largest absolute Gasteiger partial charge is 0.472 e. The Morgan fingerprint density at radius 2 is 1.84 bits per heavy atom. The van der Waals surface area contributed by atoms with Gasteiger partial charge in [-0.15, -0.1) is 0 Å². The van der Waals surface area contributed by atoms with Crippen molar-refractivity contribution in [1.29, 1.82) is 0 Å². The van der Waals surface area contributed by atoms with Crippen molar-refractivity contribution in [2.45, 2.75) is 49.5 Å². The summed E-state index contributed by atoms with van der Waals surface area (Å²) in [7, 11) is -9.47. The van der Waals surface area contributed by atoms with Crippen LogP contribution in [0.25, 0.3) is 22.2 Å². The second-order valence-electron chi connectivity index (χ2n) is 10.1. The van der Waals surface area contributed by atoms with E-state index in [1.807, 2.05) is 0 Å². The molecule has 3 aromatic heterocycles. The Kier molecular flexibility index (Phi) is 7.57. The van der Waals surface area contributed by atoms with E-state index in [9.17, 15) is 17.9 Å². The van der Waals surface area contributed by atoms with Crippen LogP contribution in [0.1, 0.15) is 18.9 Å². The summed E-state index contributed by atoms with van der Waals surface area (Å²) in [6.45, 7) is -1.24. The normalized spacial score (nSPS) is 34.4. The van der Waals surface area contributed by atoms with E-state index in [2.05, 4.69) is 24.7 Å². The zero-order chi connectivity index (χ0) is 31.0. The minimum Gasteiger partial charge on any atom is -0.382 e. The van der Waals surface area contributed by atoms with Gasteiger partial charge in [-0.1, -0.05) is 23.2 Å². The molecule has 1 unspecified atom stereocenters. The Bertz CT molecular complexity index is 1920. The van der Waals surface area contributed by atoms with Crippen molar-refractivity contribution in [2.75, 3.05) is 18.9 Å². The number of nitrogens with zero attached hydrogens (tertiary/aromatic N) is 6. The summed E-state index contributed by atoms with van der Waals surface area (Å²) in [4.78, 5) is 26.8. The average Bonchev–Trinajstić information content (AvgIpc) is 3.73. The number of aromatic nitrogens is 6. The molecule has 3 aliphatic rings. The molecule has 6 heterocycles. The number of imidazole rings is 2. The molecule has 44 heavy (non-hydrogen) atoms. The van der Waals surface area contributed by atoms with E-state index in [0.717, 1.165) is 6.33 Å². The van der Waals surface area contributed by atoms with E-state index in [1.54, 1.807) is 16.7 Å². The van der Waals surface area contributed by atoms with Gasteiger partial charge < -0.3 is 24.7 Å². The lowest BCUT2D eigenvalue weighted by Gasteiger charge is -2.25. The van der Waals surface area contributed by atoms with Crippen molar-refractivity contribution in [3.63, 3.8) is 0 Å². The van der Waals surface area contributed by atoms with Gasteiger partial charge in [-0.25, -0.2) is 28.9 Å². The lowest BCUT2D eigenvalue weighted by molar-refractivity contribution is -0.0468.